The highest BCUT2D eigenvalue weighted by atomic mass is 31.2. The van der Waals surface area contributed by atoms with Crippen molar-refractivity contribution in [1.29, 1.82) is 0 Å². The van der Waals surface area contributed by atoms with Gasteiger partial charge in [0.25, 0.3) is 0 Å². The predicted octanol–water partition coefficient (Wildman–Crippen LogP) is 11.4. The van der Waals surface area contributed by atoms with Gasteiger partial charge in [0.15, 0.2) is 24.8 Å². The zero-order valence-corrected chi connectivity index (χ0v) is 61.9. The van der Waals surface area contributed by atoms with Crippen molar-refractivity contribution in [3.8, 4) is 0 Å². The molecule has 0 radical (unpaired) electrons. The molecule has 576 valence electrons. The number of phosphoric acid groups is 2. The number of phosphoric ester groups is 2. The van der Waals surface area contributed by atoms with Crippen LogP contribution in [-0.2, 0) is 70.6 Å². The number of esters is 3. The maximum Gasteiger partial charge on any atom is 0.472 e. The second-order valence-electron chi connectivity index (χ2n) is 27.2. The van der Waals surface area contributed by atoms with Crippen molar-refractivity contribution >= 4 is 45.4 Å². The molecule has 0 aromatic rings. The van der Waals surface area contributed by atoms with Crippen LogP contribution in [0.15, 0.2) is 0 Å². The van der Waals surface area contributed by atoms with E-state index in [0.717, 1.165) is 180 Å². The van der Waals surface area contributed by atoms with Crippen molar-refractivity contribution in [1.82, 2.24) is 10.6 Å². The third-order valence-electron chi connectivity index (χ3n) is 18.2. The number of carbonyl (C=O) groups is 5. The summed E-state index contributed by atoms with van der Waals surface area (Å²) in [5, 5.41) is 61.1. The zero-order valence-electron chi connectivity index (χ0n) is 60.2. The Bertz CT molecular complexity index is 2200. The van der Waals surface area contributed by atoms with Crippen molar-refractivity contribution in [2.75, 3.05) is 13.2 Å². The number of unbranched alkanes of at least 4 members (excludes halogenated alkanes) is 31. The standard InChI is InChI=1S/C70H132N2O24P2/c1-6-11-16-21-25-27-31-36-41-46-60(78)90-53(43-38-33-28-23-18-13-8-3)48-59(77)72-63-67(94-61(79)47-52(74)42-37-32-20-15-10-5)66(95-97(83,84)85)56(50-73)92-69(63)89-51-57-64(80)65(81)62(70(93-57)96-98(86,87)88)71-58(76)49-54(44-39-34-29-24-19-14-9-4)91-68(82)55(75)45-40-35-30-26-22-17-12-7-2/h52-57,62-67,69-70,73-75,80-81H,6-51H2,1-5H3,(H,71,76)(H,72,77)(H2,83,84,85)(H2,86,87,88)/t52-,53-,54-,55?,56-,57-,62-,63-,64-,65-,66-,67-,69-,70+/m1/s1. The average molecular weight is 1450 g/mol. The summed E-state index contributed by atoms with van der Waals surface area (Å²) in [4.78, 5) is 110. The second-order valence-corrected chi connectivity index (χ2v) is 29.6. The fraction of sp³-hybridized carbons (Fsp3) is 0.929. The highest BCUT2D eigenvalue weighted by Gasteiger charge is 2.54. The molecule has 26 nitrogen and oxygen atoms in total. The summed E-state index contributed by atoms with van der Waals surface area (Å²) in [6.07, 6.45) is 12.3. The molecular weight excluding hydrogens is 1310 g/mol. The van der Waals surface area contributed by atoms with Gasteiger partial charge in [0.1, 0.15) is 54.8 Å². The van der Waals surface area contributed by atoms with E-state index in [2.05, 4.69) is 38.3 Å². The molecule has 0 saturated carbocycles. The highest BCUT2D eigenvalue weighted by Crippen LogP contribution is 2.44. The molecule has 0 aromatic carbocycles. The predicted molar refractivity (Wildman–Crippen MR) is 369 cm³/mol. The number of nitrogens with one attached hydrogen (secondary N) is 2. The largest absolute Gasteiger partial charge is 0.472 e. The van der Waals surface area contributed by atoms with Gasteiger partial charge in [-0.15, -0.1) is 0 Å². The Labute approximate surface area is 585 Å². The quantitative estimate of drug-likeness (QED) is 0.0117. The van der Waals surface area contributed by atoms with Gasteiger partial charge in [0.2, 0.25) is 11.8 Å². The molecule has 11 N–H and O–H groups in total. The minimum atomic E-state index is -5.58. The molecule has 2 heterocycles. The van der Waals surface area contributed by atoms with Gasteiger partial charge in [0.05, 0.1) is 38.6 Å². The van der Waals surface area contributed by atoms with Gasteiger partial charge in [-0.25, -0.2) is 13.9 Å². The van der Waals surface area contributed by atoms with E-state index >= 15 is 0 Å². The Balaban J connectivity index is 2.55. The Morgan fingerprint density at radius 1 is 0.439 bits per heavy atom. The van der Waals surface area contributed by atoms with Crippen LogP contribution in [0.4, 0.5) is 0 Å². The number of amides is 2. The molecule has 28 heteroatoms. The number of rotatable bonds is 61. The smallest absolute Gasteiger partial charge is 0.462 e. The van der Waals surface area contributed by atoms with Gasteiger partial charge in [0, 0.05) is 6.42 Å². The molecule has 1 unspecified atom stereocenters. The third-order valence-corrected chi connectivity index (χ3v) is 19.2. The molecule has 0 aliphatic carbocycles. The first-order valence-corrected chi connectivity index (χ1v) is 40.9. The van der Waals surface area contributed by atoms with E-state index in [1.807, 2.05) is 6.92 Å². The molecule has 14 atom stereocenters. The molecule has 0 spiro atoms. The highest BCUT2D eigenvalue weighted by molar-refractivity contribution is 7.46. The van der Waals surface area contributed by atoms with Gasteiger partial charge in [-0.1, -0.05) is 247 Å². The monoisotopic (exact) mass is 1450 g/mol. The summed E-state index contributed by atoms with van der Waals surface area (Å²) in [7, 11) is -11.2. The van der Waals surface area contributed by atoms with Crippen molar-refractivity contribution in [3.05, 3.63) is 0 Å². The fourth-order valence-electron chi connectivity index (χ4n) is 12.5. The van der Waals surface area contributed by atoms with E-state index in [1.54, 1.807) is 0 Å². The van der Waals surface area contributed by atoms with Gasteiger partial charge in [-0.2, -0.15) is 0 Å². The number of hydrogen-bond acceptors (Lipinski definition) is 20. The van der Waals surface area contributed by atoms with Gasteiger partial charge in [-0.3, -0.25) is 28.2 Å². The first-order chi connectivity index (χ1) is 46.9. The maximum absolute atomic E-state index is 14.6. The number of hydrogen-bond donors (Lipinski definition) is 11. The third kappa shape index (κ3) is 42.7. The van der Waals surface area contributed by atoms with Crippen LogP contribution < -0.4 is 10.6 Å². The van der Waals surface area contributed by atoms with Crippen LogP contribution in [0, 0.1) is 0 Å². The van der Waals surface area contributed by atoms with Crippen LogP contribution >= 0.6 is 15.6 Å². The summed E-state index contributed by atoms with van der Waals surface area (Å²) in [6.45, 7) is 8.53. The van der Waals surface area contributed by atoms with E-state index in [4.69, 9.17) is 37.5 Å². The summed E-state index contributed by atoms with van der Waals surface area (Å²) in [6, 6.07) is -3.78. The first kappa shape index (κ1) is 91.3. The fourth-order valence-corrected chi connectivity index (χ4v) is 13.5. The molecule has 0 bridgehead atoms. The lowest BCUT2D eigenvalue weighted by Gasteiger charge is -2.46. The number of aliphatic hydroxyl groups is 5. The van der Waals surface area contributed by atoms with Crippen LogP contribution in [0.3, 0.4) is 0 Å². The van der Waals surface area contributed by atoms with E-state index in [0.29, 0.717) is 32.1 Å². The molecule has 0 aromatic heterocycles. The topological polar surface area (TPSA) is 399 Å². The van der Waals surface area contributed by atoms with Crippen LogP contribution in [-0.4, -0.2) is 174 Å². The van der Waals surface area contributed by atoms with Crippen molar-refractivity contribution < 1.29 is 116 Å². The molecule has 98 heavy (non-hydrogen) atoms. The lowest BCUT2D eigenvalue weighted by Crippen LogP contribution is -2.67. The molecule has 2 aliphatic heterocycles. The average Bonchev–Trinajstić information content (AvgIpc) is 0.785. The SMILES string of the molecule is CCCCCCCCCCCC(=O)O[C@H](CCCCCCCCC)CC(=O)N[C@H]1[C@H](OC[C@H]2O[C@@H](OP(=O)(O)O)[C@H](NC(=O)C[C@@H](CCCCCCCCC)OC(=O)C(O)CCCCCCCCCC)[C@@H](O)[C@@H]2O)O[C@H](CO)[C@@H](OP(=O)(O)O)[C@@H]1OC(=O)C[C@H](O)CCCCCCC. The number of ether oxygens (including phenoxy) is 6. The second kappa shape index (κ2) is 54.8. The maximum atomic E-state index is 14.6. The first-order valence-electron chi connectivity index (χ1n) is 37.8. The van der Waals surface area contributed by atoms with Crippen LogP contribution in [0.5, 0.6) is 0 Å². The lowest BCUT2D eigenvalue weighted by molar-refractivity contribution is -0.296. The Kier molecular flexibility index (Phi) is 51.1. The van der Waals surface area contributed by atoms with Crippen LogP contribution in [0.2, 0.25) is 0 Å². The normalized spacial score (nSPS) is 22.6. The Morgan fingerprint density at radius 3 is 1.29 bits per heavy atom. The lowest BCUT2D eigenvalue weighted by atomic mass is 9.95. The summed E-state index contributed by atoms with van der Waals surface area (Å²) in [5.74, 6) is -4.36. The Morgan fingerprint density at radius 2 is 0.837 bits per heavy atom. The molecule has 2 aliphatic rings. The molecule has 2 rings (SSSR count). The van der Waals surface area contributed by atoms with Gasteiger partial charge < -0.3 is 84.2 Å². The van der Waals surface area contributed by atoms with E-state index in [9.17, 15) is 78.2 Å². The molecular formula is C70H132N2O24P2. The summed E-state index contributed by atoms with van der Waals surface area (Å²) >= 11 is 0. The van der Waals surface area contributed by atoms with E-state index < -0.39 is 164 Å². The molecule has 2 saturated heterocycles. The van der Waals surface area contributed by atoms with Crippen molar-refractivity contribution in [2.45, 2.75) is 403 Å². The van der Waals surface area contributed by atoms with E-state index in [-0.39, 0.29) is 32.1 Å². The zero-order chi connectivity index (χ0) is 72.6. The number of aliphatic hydroxyl groups excluding tert-OH is 5. The van der Waals surface area contributed by atoms with Crippen LogP contribution in [0.25, 0.3) is 0 Å². The van der Waals surface area contributed by atoms with Crippen LogP contribution in [0.1, 0.15) is 317 Å². The Hall–Kier alpha value is -2.75. The number of carbonyl (C=O) groups excluding carboxylic acids is 5. The van der Waals surface area contributed by atoms with Gasteiger partial charge in [-0.05, 0) is 44.9 Å². The summed E-state index contributed by atoms with van der Waals surface area (Å²) in [5.41, 5.74) is 0. The van der Waals surface area contributed by atoms with Crippen molar-refractivity contribution in [2.24, 2.45) is 0 Å². The minimum absolute atomic E-state index is 0.100. The van der Waals surface area contributed by atoms with Crippen molar-refractivity contribution in [3.63, 3.8) is 0 Å². The van der Waals surface area contributed by atoms with Gasteiger partial charge >= 0.3 is 33.6 Å². The minimum Gasteiger partial charge on any atom is -0.462 e. The molecule has 2 amide bonds. The molecule has 2 fully saturated rings. The summed E-state index contributed by atoms with van der Waals surface area (Å²) < 4.78 is 71.0. The van der Waals surface area contributed by atoms with E-state index in [1.165, 1.54) is 19.3 Å².